The lowest BCUT2D eigenvalue weighted by Crippen LogP contribution is -2.48. The van der Waals surface area contributed by atoms with E-state index in [-0.39, 0.29) is 42.1 Å². The SMILES string of the molecule is CCNC(=NCC(C)CN(C)C(=O)OC(C)(C)C)N1CCOC(c2cnn(C)c2)C1.I. The standard InChI is InChI=1S/C21H38N6O3.HI/c1-8-22-19(23-11-16(2)13-25(6)20(28)30-21(3,4)5)27-9-10-29-18(15-27)17-12-24-26(7)14-17;/h12,14,16,18H,8-11,13,15H2,1-7H3,(H,22,23);1H. The van der Waals surface area contributed by atoms with Crippen molar-refractivity contribution in [2.45, 2.75) is 46.3 Å². The molecule has 0 aromatic carbocycles. The molecule has 10 heteroatoms. The van der Waals surface area contributed by atoms with E-state index in [1.165, 1.54) is 0 Å². The van der Waals surface area contributed by atoms with Gasteiger partial charge in [-0.2, -0.15) is 5.10 Å². The van der Waals surface area contributed by atoms with Gasteiger partial charge in [-0.05, 0) is 33.6 Å². The van der Waals surface area contributed by atoms with Crippen molar-refractivity contribution in [1.82, 2.24) is 24.9 Å². The van der Waals surface area contributed by atoms with Crippen LogP contribution in [0.3, 0.4) is 0 Å². The maximum Gasteiger partial charge on any atom is 0.410 e. The van der Waals surface area contributed by atoms with Gasteiger partial charge in [-0.1, -0.05) is 6.92 Å². The second-order valence-corrected chi connectivity index (χ2v) is 8.91. The van der Waals surface area contributed by atoms with Crippen molar-refractivity contribution >= 4 is 36.0 Å². The fraction of sp³-hybridized carbons (Fsp3) is 0.762. The van der Waals surface area contributed by atoms with Crippen LogP contribution in [0.4, 0.5) is 4.79 Å². The van der Waals surface area contributed by atoms with E-state index in [1.54, 1.807) is 16.6 Å². The molecule has 0 aliphatic carbocycles. The Morgan fingerprint density at radius 3 is 2.77 bits per heavy atom. The second-order valence-electron chi connectivity index (χ2n) is 8.91. The number of nitrogens with one attached hydrogen (secondary N) is 1. The van der Waals surface area contributed by atoms with E-state index in [2.05, 4.69) is 29.2 Å². The Hall–Kier alpha value is -1.56. The largest absolute Gasteiger partial charge is 0.444 e. The van der Waals surface area contributed by atoms with Crippen molar-refractivity contribution in [3.63, 3.8) is 0 Å². The molecule has 1 N–H and O–H groups in total. The molecule has 1 saturated heterocycles. The van der Waals surface area contributed by atoms with Gasteiger partial charge >= 0.3 is 6.09 Å². The van der Waals surface area contributed by atoms with Crippen molar-refractivity contribution < 1.29 is 14.3 Å². The summed E-state index contributed by atoms with van der Waals surface area (Å²) in [6.07, 6.45) is 3.52. The Morgan fingerprint density at radius 1 is 1.48 bits per heavy atom. The first kappa shape index (κ1) is 27.5. The molecule has 2 atom stereocenters. The molecule has 178 valence electrons. The van der Waals surface area contributed by atoms with Gasteiger partial charge in [0.15, 0.2) is 5.96 Å². The van der Waals surface area contributed by atoms with E-state index < -0.39 is 5.60 Å². The average molecular weight is 550 g/mol. The summed E-state index contributed by atoms with van der Waals surface area (Å²) in [5.74, 6) is 1.08. The molecule has 1 aliphatic rings. The van der Waals surface area contributed by atoms with E-state index in [4.69, 9.17) is 14.5 Å². The van der Waals surface area contributed by atoms with Gasteiger partial charge in [0, 0.05) is 52.0 Å². The van der Waals surface area contributed by atoms with E-state index in [9.17, 15) is 4.79 Å². The number of aromatic nitrogens is 2. The predicted octanol–water partition coefficient (Wildman–Crippen LogP) is 2.88. The van der Waals surface area contributed by atoms with Crippen molar-refractivity contribution in [2.24, 2.45) is 18.0 Å². The molecule has 2 rings (SSSR count). The molecule has 31 heavy (non-hydrogen) atoms. The van der Waals surface area contributed by atoms with E-state index in [0.717, 1.165) is 31.2 Å². The fourth-order valence-corrected chi connectivity index (χ4v) is 3.26. The number of amides is 1. The van der Waals surface area contributed by atoms with Gasteiger partial charge in [-0.25, -0.2) is 4.79 Å². The first-order valence-corrected chi connectivity index (χ1v) is 10.7. The molecule has 1 amide bonds. The minimum Gasteiger partial charge on any atom is -0.444 e. The van der Waals surface area contributed by atoms with Gasteiger partial charge in [0.05, 0.1) is 19.3 Å². The monoisotopic (exact) mass is 550 g/mol. The Bertz CT molecular complexity index is 718. The molecular weight excluding hydrogens is 511 g/mol. The number of aliphatic imine (C=N–C) groups is 1. The molecule has 0 spiro atoms. The Kier molecular flexibility index (Phi) is 11.1. The summed E-state index contributed by atoms with van der Waals surface area (Å²) in [5, 5.41) is 7.64. The van der Waals surface area contributed by atoms with Crippen LogP contribution in [-0.4, -0.2) is 83.6 Å². The number of hydrogen-bond donors (Lipinski definition) is 1. The lowest BCUT2D eigenvalue weighted by Gasteiger charge is -2.35. The molecule has 0 radical (unpaired) electrons. The summed E-state index contributed by atoms with van der Waals surface area (Å²) in [5.41, 5.74) is 0.580. The number of guanidine groups is 1. The van der Waals surface area contributed by atoms with Crippen LogP contribution in [0.15, 0.2) is 17.4 Å². The van der Waals surface area contributed by atoms with E-state index in [1.807, 2.05) is 40.2 Å². The number of aryl methyl sites for hydroxylation is 1. The summed E-state index contributed by atoms with van der Waals surface area (Å²) >= 11 is 0. The summed E-state index contributed by atoms with van der Waals surface area (Å²) in [7, 11) is 3.67. The first-order chi connectivity index (χ1) is 14.1. The van der Waals surface area contributed by atoms with Crippen molar-refractivity contribution in [3.8, 4) is 0 Å². The quantitative estimate of drug-likeness (QED) is 0.333. The van der Waals surface area contributed by atoms with Crippen molar-refractivity contribution in [3.05, 3.63) is 18.0 Å². The zero-order valence-corrected chi connectivity index (χ0v) is 22.3. The van der Waals surface area contributed by atoms with Crippen molar-refractivity contribution in [2.75, 3.05) is 46.4 Å². The number of halogens is 1. The molecule has 9 nitrogen and oxygen atoms in total. The summed E-state index contributed by atoms with van der Waals surface area (Å²) < 4.78 is 13.2. The minimum atomic E-state index is -0.494. The molecule has 0 saturated carbocycles. The molecule has 1 aliphatic heterocycles. The molecular formula is C21H39IN6O3. The van der Waals surface area contributed by atoms with Crippen LogP contribution in [0.2, 0.25) is 0 Å². The van der Waals surface area contributed by atoms with Crippen LogP contribution >= 0.6 is 24.0 Å². The molecule has 2 unspecified atom stereocenters. The fourth-order valence-electron chi connectivity index (χ4n) is 3.26. The Labute approximate surface area is 203 Å². The molecule has 0 bridgehead atoms. The smallest absolute Gasteiger partial charge is 0.410 e. The molecule has 2 heterocycles. The Morgan fingerprint density at radius 2 is 2.19 bits per heavy atom. The zero-order valence-electron chi connectivity index (χ0n) is 19.9. The lowest BCUT2D eigenvalue weighted by atomic mass is 10.1. The number of nitrogens with zero attached hydrogens (tertiary/aromatic N) is 5. The Balaban J connectivity index is 0.00000480. The number of ether oxygens (including phenoxy) is 2. The van der Waals surface area contributed by atoms with Crippen LogP contribution in [0.25, 0.3) is 0 Å². The van der Waals surface area contributed by atoms with Crippen LogP contribution in [0.1, 0.15) is 46.3 Å². The highest BCUT2D eigenvalue weighted by Crippen LogP contribution is 2.21. The minimum absolute atomic E-state index is 0. The van der Waals surface area contributed by atoms with E-state index >= 15 is 0 Å². The van der Waals surface area contributed by atoms with Crippen LogP contribution in [0, 0.1) is 5.92 Å². The predicted molar refractivity (Wildman–Crippen MR) is 133 cm³/mol. The van der Waals surface area contributed by atoms with Crippen LogP contribution in [-0.2, 0) is 16.5 Å². The zero-order chi connectivity index (χ0) is 22.3. The van der Waals surface area contributed by atoms with Gasteiger partial charge in [0.25, 0.3) is 0 Å². The molecule has 1 fully saturated rings. The molecule has 1 aromatic heterocycles. The number of carbonyl (C=O) groups is 1. The maximum absolute atomic E-state index is 12.2. The highest BCUT2D eigenvalue weighted by atomic mass is 127. The average Bonchev–Trinajstić information content (AvgIpc) is 3.10. The van der Waals surface area contributed by atoms with Gasteiger partial charge in [0.2, 0.25) is 0 Å². The number of hydrogen-bond acceptors (Lipinski definition) is 5. The third-order valence-corrected chi connectivity index (χ3v) is 4.64. The normalized spacial score (nSPS) is 18.2. The van der Waals surface area contributed by atoms with Crippen LogP contribution in [0.5, 0.6) is 0 Å². The summed E-state index contributed by atoms with van der Waals surface area (Å²) in [6.45, 7) is 13.9. The van der Waals surface area contributed by atoms with Gasteiger partial charge < -0.3 is 24.6 Å². The topological polar surface area (TPSA) is 84.2 Å². The lowest BCUT2D eigenvalue weighted by molar-refractivity contribution is -0.00808. The van der Waals surface area contributed by atoms with Gasteiger partial charge in [0.1, 0.15) is 11.7 Å². The number of carbonyl (C=O) groups excluding carboxylic acids is 1. The van der Waals surface area contributed by atoms with Crippen molar-refractivity contribution in [1.29, 1.82) is 0 Å². The van der Waals surface area contributed by atoms with Gasteiger partial charge in [-0.3, -0.25) is 9.67 Å². The number of morpholine rings is 1. The van der Waals surface area contributed by atoms with Gasteiger partial charge in [-0.15, -0.1) is 24.0 Å². The highest BCUT2D eigenvalue weighted by molar-refractivity contribution is 14.0. The third-order valence-electron chi connectivity index (χ3n) is 4.64. The second kappa shape index (κ2) is 12.5. The third kappa shape index (κ3) is 9.22. The first-order valence-electron chi connectivity index (χ1n) is 10.7. The summed E-state index contributed by atoms with van der Waals surface area (Å²) in [4.78, 5) is 20.9. The molecule has 1 aromatic rings. The van der Waals surface area contributed by atoms with Crippen LogP contribution < -0.4 is 5.32 Å². The maximum atomic E-state index is 12.2. The number of rotatable bonds is 6. The highest BCUT2D eigenvalue weighted by Gasteiger charge is 2.25. The van der Waals surface area contributed by atoms with E-state index in [0.29, 0.717) is 19.7 Å². The summed E-state index contributed by atoms with van der Waals surface area (Å²) in [6, 6.07) is 0.